The van der Waals surface area contributed by atoms with Crippen LogP contribution in [0.25, 0.3) is 0 Å². The Morgan fingerprint density at radius 1 is 1.60 bits per heavy atom. The van der Waals surface area contributed by atoms with Crippen LogP contribution < -0.4 is 0 Å². The summed E-state index contributed by atoms with van der Waals surface area (Å²) in [7, 11) is 1.70. The van der Waals surface area contributed by atoms with Gasteiger partial charge in [-0.1, -0.05) is 0 Å². The van der Waals surface area contributed by atoms with Gasteiger partial charge in [0.25, 0.3) is 0 Å². The summed E-state index contributed by atoms with van der Waals surface area (Å²) in [4.78, 5) is 11.0. The molecule has 1 aromatic heterocycles. The number of rotatable bonds is 5. The third-order valence-corrected chi connectivity index (χ3v) is 2.54. The van der Waals surface area contributed by atoms with Gasteiger partial charge in [-0.2, -0.15) is 5.10 Å². The maximum absolute atomic E-state index is 11.0. The fraction of sp³-hybridized carbons (Fsp3) is 0.636. The molecular formula is C11H18N2O2. The number of carbonyl (C=O) groups is 1. The van der Waals surface area contributed by atoms with Crippen LogP contribution in [0.3, 0.4) is 0 Å². The summed E-state index contributed by atoms with van der Waals surface area (Å²) < 4.78 is 7.08. The monoisotopic (exact) mass is 210 g/mol. The summed E-state index contributed by atoms with van der Waals surface area (Å²) in [6, 6.07) is 0. The van der Waals surface area contributed by atoms with Crippen molar-refractivity contribution in [1.29, 1.82) is 0 Å². The minimum Gasteiger partial charge on any atom is -0.379 e. The number of carbonyl (C=O) groups excluding carboxylic acids is 1. The summed E-state index contributed by atoms with van der Waals surface area (Å²) >= 11 is 0. The molecule has 0 bridgehead atoms. The zero-order valence-electron chi connectivity index (χ0n) is 9.78. The first-order chi connectivity index (χ1) is 6.94. The number of ketones is 1. The number of nitrogens with zero attached hydrogens (tertiary/aromatic N) is 2. The van der Waals surface area contributed by atoms with Crippen molar-refractivity contribution in [1.82, 2.24) is 9.78 Å². The number of aryl methyl sites for hydroxylation is 1. The van der Waals surface area contributed by atoms with Crippen LogP contribution in [-0.2, 0) is 11.3 Å². The number of hydrogen-bond donors (Lipinski definition) is 0. The molecule has 0 N–H and O–H groups in total. The smallest absolute Gasteiger partial charge is 0.162 e. The van der Waals surface area contributed by atoms with Crippen LogP contribution in [-0.4, -0.2) is 28.3 Å². The molecule has 15 heavy (non-hydrogen) atoms. The van der Waals surface area contributed by atoms with Gasteiger partial charge in [0, 0.05) is 19.9 Å². The molecule has 0 atom stereocenters. The van der Waals surface area contributed by atoms with Crippen molar-refractivity contribution in [3.8, 4) is 0 Å². The van der Waals surface area contributed by atoms with Crippen LogP contribution in [0.5, 0.6) is 0 Å². The van der Waals surface area contributed by atoms with E-state index in [1.54, 1.807) is 31.1 Å². The van der Waals surface area contributed by atoms with Gasteiger partial charge in [-0.15, -0.1) is 0 Å². The predicted molar refractivity (Wildman–Crippen MR) is 57.9 cm³/mol. The van der Waals surface area contributed by atoms with Crippen molar-refractivity contribution in [2.75, 3.05) is 7.11 Å². The minimum absolute atomic E-state index is 0.0484. The minimum atomic E-state index is -0.150. The molecule has 0 saturated carbocycles. The van der Waals surface area contributed by atoms with Gasteiger partial charge in [0.05, 0.1) is 17.4 Å². The number of Topliss-reactive ketones (excluding diaryl/α,β-unsaturated/α-hetero) is 1. The Morgan fingerprint density at radius 3 is 2.73 bits per heavy atom. The Morgan fingerprint density at radius 2 is 2.27 bits per heavy atom. The molecule has 0 aliphatic rings. The molecule has 1 rings (SSSR count). The number of methoxy groups -OCH3 is 1. The highest BCUT2D eigenvalue weighted by Crippen LogP contribution is 2.14. The Bertz CT molecular complexity index is 342. The molecule has 0 saturated heterocycles. The van der Waals surface area contributed by atoms with Gasteiger partial charge in [0.15, 0.2) is 5.78 Å². The number of aromatic nitrogens is 2. The molecule has 0 aromatic carbocycles. The maximum Gasteiger partial charge on any atom is 0.162 e. The average Bonchev–Trinajstić information content (AvgIpc) is 2.63. The second-order valence-electron chi connectivity index (χ2n) is 4.26. The lowest BCUT2D eigenvalue weighted by molar-refractivity contribution is 0.0113. The first kappa shape index (κ1) is 11.9. The maximum atomic E-state index is 11.0. The largest absolute Gasteiger partial charge is 0.379 e. The zero-order chi connectivity index (χ0) is 11.5. The van der Waals surface area contributed by atoms with Crippen molar-refractivity contribution in [2.45, 2.75) is 39.3 Å². The molecule has 0 unspecified atom stereocenters. The molecule has 1 aromatic rings. The lowest BCUT2D eigenvalue weighted by Gasteiger charge is -2.22. The van der Waals surface area contributed by atoms with E-state index < -0.39 is 0 Å². The van der Waals surface area contributed by atoms with Crippen molar-refractivity contribution in [2.24, 2.45) is 0 Å². The predicted octanol–water partition coefficient (Wildman–Crippen LogP) is 1.90. The first-order valence-corrected chi connectivity index (χ1v) is 5.03. The molecule has 4 heteroatoms. The SMILES string of the molecule is COC(C)(C)CCn1cc(C(C)=O)cn1. The van der Waals surface area contributed by atoms with E-state index in [2.05, 4.69) is 5.10 Å². The van der Waals surface area contributed by atoms with Gasteiger partial charge in [-0.25, -0.2) is 0 Å². The molecular weight excluding hydrogens is 192 g/mol. The Kier molecular flexibility index (Phi) is 3.63. The average molecular weight is 210 g/mol. The highest BCUT2D eigenvalue weighted by molar-refractivity contribution is 5.93. The Labute approximate surface area is 90.2 Å². The first-order valence-electron chi connectivity index (χ1n) is 5.03. The summed E-state index contributed by atoms with van der Waals surface area (Å²) in [6.45, 7) is 6.36. The van der Waals surface area contributed by atoms with Gasteiger partial charge in [-0.05, 0) is 27.2 Å². The lowest BCUT2D eigenvalue weighted by atomic mass is 10.1. The molecule has 1 heterocycles. The van der Waals surface area contributed by atoms with E-state index in [0.29, 0.717) is 5.56 Å². The van der Waals surface area contributed by atoms with Gasteiger partial charge in [0.2, 0.25) is 0 Å². The topological polar surface area (TPSA) is 44.1 Å². The van der Waals surface area contributed by atoms with Crippen LogP contribution in [0.4, 0.5) is 0 Å². The third-order valence-electron chi connectivity index (χ3n) is 2.54. The van der Waals surface area contributed by atoms with E-state index in [9.17, 15) is 4.79 Å². The molecule has 0 fully saturated rings. The summed E-state index contributed by atoms with van der Waals surface area (Å²) in [5, 5.41) is 4.12. The summed E-state index contributed by atoms with van der Waals surface area (Å²) in [6.07, 6.45) is 4.23. The Hall–Kier alpha value is -1.16. The molecule has 0 radical (unpaired) electrons. The number of ether oxygens (including phenoxy) is 1. The molecule has 0 spiro atoms. The molecule has 84 valence electrons. The van der Waals surface area contributed by atoms with E-state index in [1.165, 1.54) is 0 Å². The van der Waals surface area contributed by atoms with Crippen LogP contribution in [0.15, 0.2) is 12.4 Å². The van der Waals surface area contributed by atoms with Crippen molar-refractivity contribution in [3.63, 3.8) is 0 Å². The van der Waals surface area contributed by atoms with Crippen LogP contribution in [0, 0.1) is 0 Å². The quantitative estimate of drug-likeness (QED) is 0.697. The fourth-order valence-corrected chi connectivity index (χ4v) is 1.15. The Balaban J connectivity index is 2.55. The standard InChI is InChI=1S/C11H18N2O2/c1-9(14)10-7-12-13(8-10)6-5-11(2,3)15-4/h7-8H,5-6H2,1-4H3. The highest BCUT2D eigenvalue weighted by atomic mass is 16.5. The molecule has 0 aliphatic carbocycles. The van der Waals surface area contributed by atoms with E-state index in [0.717, 1.165) is 13.0 Å². The lowest BCUT2D eigenvalue weighted by Crippen LogP contribution is -2.24. The van der Waals surface area contributed by atoms with Gasteiger partial charge < -0.3 is 4.74 Å². The molecule has 4 nitrogen and oxygen atoms in total. The van der Waals surface area contributed by atoms with E-state index in [4.69, 9.17) is 4.74 Å². The van der Waals surface area contributed by atoms with Crippen molar-refractivity contribution < 1.29 is 9.53 Å². The van der Waals surface area contributed by atoms with E-state index >= 15 is 0 Å². The summed E-state index contributed by atoms with van der Waals surface area (Å²) in [5.41, 5.74) is 0.507. The van der Waals surface area contributed by atoms with E-state index in [-0.39, 0.29) is 11.4 Å². The van der Waals surface area contributed by atoms with Gasteiger partial charge >= 0.3 is 0 Å². The van der Waals surface area contributed by atoms with Crippen LogP contribution in [0.2, 0.25) is 0 Å². The third kappa shape index (κ3) is 3.47. The number of hydrogen-bond acceptors (Lipinski definition) is 3. The molecule has 0 amide bonds. The van der Waals surface area contributed by atoms with Gasteiger partial charge in [-0.3, -0.25) is 9.48 Å². The second kappa shape index (κ2) is 4.57. The van der Waals surface area contributed by atoms with Crippen molar-refractivity contribution >= 4 is 5.78 Å². The second-order valence-corrected chi connectivity index (χ2v) is 4.26. The van der Waals surface area contributed by atoms with Crippen LogP contribution >= 0.6 is 0 Å². The highest BCUT2D eigenvalue weighted by Gasteiger charge is 2.16. The zero-order valence-corrected chi connectivity index (χ0v) is 9.78. The van der Waals surface area contributed by atoms with E-state index in [1.807, 2.05) is 13.8 Å². The normalized spacial score (nSPS) is 11.7. The fourth-order valence-electron chi connectivity index (χ4n) is 1.15. The molecule has 0 aliphatic heterocycles. The summed E-state index contributed by atoms with van der Waals surface area (Å²) in [5.74, 6) is 0.0484. The van der Waals surface area contributed by atoms with Crippen LogP contribution in [0.1, 0.15) is 37.6 Å². The van der Waals surface area contributed by atoms with Crippen molar-refractivity contribution in [3.05, 3.63) is 18.0 Å². The van der Waals surface area contributed by atoms with Gasteiger partial charge in [0.1, 0.15) is 0 Å².